The van der Waals surface area contributed by atoms with Crippen molar-refractivity contribution in [3.63, 3.8) is 0 Å². The zero-order valence-electron chi connectivity index (χ0n) is 13.7. The number of hydrogen-bond donors (Lipinski definition) is 2. The Morgan fingerprint density at radius 1 is 1.32 bits per heavy atom. The second-order valence-electron chi connectivity index (χ2n) is 6.25. The maximum atomic E-state index is 13.2. The minimum Gasteiger partial charge on any atom is -0.338 e. The fraction of sp³-hybridized carbons (Fsp3) is 0.562. The molecule has 0 bridgehead atoms. The van der Waals surface area contributed by atoms with Gasteiger partial charge in [0.25, 0.3) is 0 Å². The standard InChI is InChI=1S/C16H20F5N3O/c1-10(12-2-3-13(17)14(18)6-12)23-15(25)22-7-11-4-5-24(8-11)9-16(19,20)21/h2-3,6,10-11H,4-5,7-9H2,1H3,(H2,22,23,25)/t10-,11-/m1/s1. The number of rotatable bonds is 5. The van der Waals surface area contributed by atoms with E-state index in [0.717, 1.165) is 12.1 Å². The number of amides is 2. The van der Waals surface area contributed by atoms with Crippen molar-refractivity contribution in [3.8, 4) is 0 Å². The third kappa shape index (κ3) is 6.15. The number of nitrogens with zero attached hydrogens (tertiary/aromatic N) is 1. The predicted molar refractivity (Wildman–Crippen MR) is 81.9 cm³/mol. The highest BCUT2D eigenvalue weighted by molar-refractivity contribution is 5.74. The summed E-state index contributed by atoms with van der Waals surface area (Å²) in [7, 11) is 0. The number of nitrogens with one attached hydrogen (secondary N) is 2. The molecule has 1 aromatic rings. The van der Waals surface area contributed by atoms with Gasteiger partial charge in [-0.15, -0.1) is 0 Å². The third-order valence-corrected chi connectivity index (χ3v) is 4.12. The van der Waals surface area contributed by atoms with Crippen molar-refractivity contribution in [1.82, 2.24) is 15.5 Å². The summed E-state index contributed by atoms with van der Waals surface area (Å²) in [6.45, 7) is 1.55. The van der Waals surface area contributed by atoms with Gasteiger partial charge >= 0.3 is 12.2 Å². The van der Waals surface area contributed by atoms with Crippen LogP contribution in [0.1, 0.15) is 24.9 Å². The molecule has 2 amide bonds. The van der Waals surface area contributed by atoms with E-state index in [9.17, 15) is 26.7 Å². The molecule has 9 heteroatoms. The molecule has 0 aromatic heterocycles. The fourth-order valence-electron chi connectivity index (χ4n) is 2.83. The first-order chi connectivity index (χ1) is 11.6. The van der Waals surface area contributed by atoms with Crippen molar-refractivity contribution in [3.05, 3.63) is 35.4 Å². The lowest BCUT2D eigenvalue weighted by Crippen LogP contribution is -2.40. The van der Waals surface area contributed by atoms with Gasteiger partial charge in [-0.1, -0.05) is 6.07 Å². The second-order valence-corrected chi connectivity index (χ2v) is 6.25. The SMILES string of the molecule is C[C@@H](NC(=O)NC[C@H]1CCN(CC(F)(F)F)C1)c1ccc(F)c(F)c1. The van der Waals surface area contributed by atoms with Crippen molar-refractivity contribution in [2.75, 3.05) is 26.2 Å². The number of benzene rings is 1. The van der Waals surface area contributed by atoms with Crippen LogP contribution in [-0.4, -0.2) is 43.3 Å². The maximum Gasteiger partial charge on any atom is 0.401 e. The van der Waals surface area contributed by atoms with Gasteiger partial charge in [-0.3, -0.25) is 4.90 Å². The number of alkyl halides is 3. The van der Waals surface area contributed by atoms with Crippen LogP contribution in [-0.2, 0) is 0 Å². The lowest BCUT2D eigenvalue weighted by atomic mass is 10.1. The average Bonchev–Trinajstić information content (AvgIpc) is 2.93. The summed E-state index contributed by atoms with van der Waals surface area (Å²) in [6.07, 6.45) is -3.64. The van der Waals surface area contributed by atoms with Gasteiger partial charge in [0, 0.05) is 13.1 Å². The van der Waals surface area contributed by atoms with E-state index in [0.29, 0.717) is 18.5 Å². The lowest BCUT2D eigenvalue weighted by molar-refractivity contribution is -0.143. The summed E-state index contributed by atoms with van der Waals surface area (Å²) in [5.74, 6) is -2.01. The van der Waals surface area contributed by atoms with Gasteiger partial charge in [0.05, 0.1) is 12.6 Å². The molecule has 1 aliphatic heterocycles. The van der Waals surface area contributed by atoms with E-state index in [1.807, 2.05) is 0 Å². The molecule has 25 heavy (non-hydrogen) atoms. The molecule has 1 aliphatic rings. The molecule has 2 atom stereocenters. The molecule has 1 heterocycles. The number of carbonyl (C=O) groups excluding carboxylic acids is 1. The van der Waals surface area contributed by atoms with Gasteiger partial charge in [-0.05, 0) is 43.5 Å². The first-order valence-corrected chi connectivity index (χ1v) is 7.92. The molecular weight excluding hydrogens is 345 g/mol. The molecule has 2 rings (SSSR count). The van der Waals surface area contributed by atoms with Crippen molar-refractivity contribution in [1.29, 1.82) is 0 Å². The van der Waals surface area contributed by atoms with E-state index in [1.165, 1.54) is 11.0 Å². The van der Waals surface area contributed by atoms with E-state index in [4.69, 9.17) is 0 Å². The molecule has 0 unspecified atom stereocenters. The van der Waals surface area contributed by atoms with Crippen LogP contribution in [0.5, 0.6) is 0 Å². The monoisotopic (exact) mass is 365 g/mol. The van der Waals surface area contributed by atoms with Gasteiger partial charge in [0.2, 0.25) is 0 Å². The van der Waals surface area contributed by atoms with Gasteiger partial charge in [-0.25, -0.2) is 13.6 Å². The van der Waals surface area contributed by atoms with E-state index in [1.54, 1.807) is 6.92 Å². The van der Waals surface area contributed by atoms with Crippen LogP contribution >= 0.6 is 0 Å². The Balaban J connectivity index is 1.74. The van der Waals surface area contributed by atoms with Crippen LogP contribution in [0.25, 0.3) is 0 Å². The number of urea groups is 1. The van der Waals surface area contributed by atoms with E-state index in [-0.39, 0.29) is 19.0 Å². The minimum atomic E-state index is -4.22. The Morgan fingerprint density at radius 2 is 2.04 bits per heavy atom. The van der Waals surface area contributed by atoms with Crippen LogP contribution in [0.2, 0.25) is 0 Å². The third-order valence-electron chi connectivity index (χ3n) is 4.12. The van der Waals surface area contributed by atoms with Crippen molar-refractivity contribution in [2.24, 2.45) is 5.92 Å². The molecule has 0 saturated carbocycles. The highest BCUT2D eigenvalue weighted by atomic mass is 19.4. The quantitative estimate of drug-likeness (QED) is 0.787. The summed E-state index contributed by atoms with van der Waals surface area (Å²) in [5, 5.41) is 5.19. The van der Waals surface area contributed by atoms with Gasteiger partial charge in [0.1, 0.15) is 0 Å². The van der Waals surface area contributed by atoms with Crippen molar-refractivity contribution >= 4 is 6.03 Å². The lowest BCUT2D eigenvalue weighted by Gasteiger charge is -2.19. The van der Waals surface area contributed by atoms with Crippen LogP contribution in [0.15, 0.2) is 18.2 Å². The molecule has 0 aliphatic carbocycles. The molecule has 1 fully saturated rings. The fourth-order valence-corrected chi connectivity index (χ4v) is 2.83. The molecular formula is C16H20F5N3O. The highest BCUT2D eigenvalue weighted by Gasteiger charge is 2.34. The number of likely N-dealkylation sites (tertiary alicyclic amines) is 1. The highest BCUT2D eigenvalue weighted by Crippen LogP contribution is 2.22. The Morgan fingerprint density at radius 3 is 2.68 bits per heavy atom. The summed E-state index contributed by atoms with van der Waals surface area (Å²) in [6, 6.07) is 2.31. The predicted octanol–water partition coefficient (Wildman–Crippen LogP) is 3.21. The van der Waals surface area contributed by atoms with Gasteiger partial charge in [0.15, 0.2) is 11.6 Å². The second kappa shape index (κ2) is 7.99. The average molecular weight is 365 g/mol. The van der Waals surface area contributed by atoms with E-state index < -0.39 is 36.4 Å². The zero-order chi connectivity index (χ0) is 18.6. The smallest absolute Gasteiger partial charge is 0.338 e. The maximum absolute atomic E-state index is 13.2. The Kier molecular flexibility index (Phi) is 6.21. The summed E-state index contributed by atoms with van der Waals surface area (Å²) < 4.78 is 63.1. The molecule has 0 radical (unpaired) electrons. The van der Waals surface area contributed by atoms with Crippen LogP contribution in [0.4, 0.5) is 26.7 Å². The van der Waals surface area contributed by atoms with Crippen LogP contribution < -0.4 is 10.6 Å². The summed E-state index contributed by atoms with van der Waals surface area (Å²) in [5.41, 5.74) is 0.409. The van der Waals surface area contributed by atoms with E-state index in [2.05, 4.69) is 10.6 Å². The molecule has 1 aromatic carbocycles. The Labute approximate surface area is 142 Å². The van der Waals surface area contributed by atoms with E-state index >= 15 is 0 Å². The van der Waals surface area contributed by atoms with Crippen molar-refractivity contribution in [2.45, 2.75) is 25.6 Å². The summed E-state index contributed by atoms with van der Waals surface area (Å²) >= 11 is 0. The molecule has 140 valence electrons. The van der Waals surface area contributed by atoms with Crippen LogP contribution in [0, 0.1) is 17.6 Å². The Hall–Kier alpha value is -1.90. The first kappa shape index (κ1) is 19.4. The minimum absolute atomic E-state index is 0.0494. The molecule has 0 spiro atoms. The Bertz CT molecular complexity index is 608. The normalized spacial score (nSPS) is 19.7. The molecule has 1 saturated heterocycles. The van der Waals surface area contributed by atoms with Gasteiger partial charge in [-0.2, -0.15) is 13.2 Å². The largest absolute Gasteiger partial charge is 0.401 e. The number of hydrogen-bond acceptors (Lipinski definition) is 2. The first-order valence-electron chi connectivity index (χ1n) is 7.92. The summed E-state index contributed by atoms with van der Waals surface area (Å²) in [4.78, 5) is 13.2. The van der Waals surface area contributed by atoms with Gasteiger partial charge < -0.3 is 10.6 Å². The van der Waals surface area contributed by atoms with Crippen molar-refractivity contribution < 1.29 is 26.7 Å². The molecule has 4 nitrogen and oxygen atoms in total. The zero-order valence-corrected chi connectivity index (χ0v) is 13.7. The topological polar surface area (TPSA) is 44.4 Å². The number of halogens is 5. The number of carbonyl (C=O) groups is 1. The molecule has 2 N–H and O–H groups in total. The van der Waals surface area contributed by atoms with Crippen LogP contribution in [0.3, 0.4) is 0 Å².